The fourth-order valence-electron chi connectivity index (χ4n) is 1.38. The Morgan fingerprint density at radius 1 is 1.23 bits per heavy atom. The summed E-state index contributed by atoms with van der Waals surface area (Å²) < 4.78 is 5.76. The van der Waals surface area contributed by atoms with Crippen LogP contribution in [-0.4, -0.2) is 23.8 Å². The SMILES string of the molecule is CC(CC(C)(C)N)OC(C)(C)CN. The van der Waals surface area contributed by atoms with E-state index in [4.69, 9.17) is 16.2 Å². The summed E-state index contributed by atoms with van der Waals surface area (Å²) in [5, 5.41) is 0. The highest BCUT2D eigenvalue weighted by atomic mass is 16.5. The van der Waals surface area contributed by atoms with Crippen molar-refractivity contribution >= 4 is 0 Å². The van der Waals surface area contributed by atoms with Crippen molar-refractivity contribution in [3.63, 3.8) is 0 Å². The van der Waals surface area contributed by atoms with Gasteiger partial charge >= 0.3 is 0 Å². The molecular weight excluding hydrogens is 164 g/mol. The Hall–Kier alpha value is -0.120. The lowest BCUT2D eigenvalue weighted by atomic mass is 9.98. The van der Waals surface area contributed by atoms with Gasteiger partial charge in [0.15, 0.2) is 0 Å². The minimum absolute atomic E-state index is 0.151. The zero-order valence-corrected chi connectivity index (χ0v) is 9.55. The van der Waals surface area contributed by atoms with Crippen molar-refractivity contribution in [2.45, 2.75) is 58.3 Å². The molecule has 0 saturated heterocycles. The van der Waals surface area contributed by atoms with Gasteiger partial charge in [0.05, 0.1) is 11.7 Å². The first-order valence-corrected chi connectivity index (χ1v) is 4.83. The highest BCUT2D eigenvalue weighted by molar-refractivity contribution is 4.78. The van der Waals surface area contributed by atoms with Crippen molar-refractivity contribution in [2.75, 3.05) is 6.54 Å². The number of rotatable bonds is 5. The van der Waals surface area contributed by atoms with Gasteiger partial charge < -0.3 is 16.2 Å². The lowest BCUT2D eigenvalue weighted by Crippen LogP contribution is -2.42. The molecule has 0 heterocycles. The molecule has 3 nitrogen and oxygen atoms in total. The van der Waals surface area contributed by atoms with Gasteiger partial charge in [0.2, 0.25) is 0 Å². The minimum Gasteiger partial charge on any atom is -0.371 e. The van der Waals surface area contributed by atoms with Gasteiger partial charge in [-0.1, -0.05) is 0 Å². The molecule has 0 aliphatic carbocycles. The van der Waals surface area contributed by atoms with Gasteiger partial charge in [0.1, 0.15) is 0 Å². The average Bonchev–Trinajstić information content (AvgIpc) is 1.81. The molecule has 0 radical (unpaired) electrons. The van der Waals surface area contributed by atoms with E-state index in [1.165, 1.54) is 0 Å². The maximum Gasteiger partial charge on any atom is 0.0751 e. The van der Waals surface area contributed by atoms with Gasteiger partial charge in [0.25, 0.3) is 0 Å². The first-order chi connectivity index (χ1) is 5.66. The van der Waals surface area contributed by atoms with Gasteiger partial charge in [-0.2, -0.15) is 0 Å². The van der Waals surface area contributed by atoms with E-state index in [0.29, 0.717) is 6.54 Å². The van der Waals surface area contributed by atoms with Crippen LogP contribution >= 0.6 is 0 Å². The first-order valence-electron chi connectivity index (χ1n) is 4.83. The molecule has 13 heavy (non-hydrogen) atoms. The Morgan fingerprint density at radius 2 is 1.69 bits per heavy atom. The van der Waals surface area contributed by atoms with Crippen LogP contribution in [0.1, 0.15) is 41.0 Å². The monoisotopic (exact) mass is 188 g/mol. The van der Waals surface area contributed by atoms with E-state index in [-0.39, 0.29) is 17.2 Å². The van der Waals surface area contributed by atoms with E-state index < -0.39 is 0 Å². The van der Waals surface area contributed by atoms with Crippen LogP contribution in [0.15, 0.2) is 0 Å². The molecule has 0 spiro atoms. The Bertz CT molecular complexity index is 149. The number of ether oxygens (including phenoxy) is 1. The van der Waals surface area contributed by atoms with Crippen LogP contribution in [-0.2, 0) is 4.74 Å². The summed E-state index contributed by atoms with van der Waals surface area (Å²) in [6, 6.07) is 0. The van der Waals surface area contributed by atoms with Crippen LogP contribution in [0.4, 0.5) is 0 Å². The van der Waals surface area contributed by atoms with Crippen LogP contribution in [0.2, 0.25) is 0 Å². The fourth-order valence-corrected chi connectivity index (χ4v) is 1.38. The first kappa shape index (κ1) is 12.9. The molecule has 0 fully saturated rings. The molecule has 1 atom stereocenters. The number of hydrogen-bond acceptors (Lipinski definition) is 3. The predicted molar refractivity (Wildman–Crippen MR) is 56.6 cm³/mol. The van der Waals surface area contributed by atoms with Gasteiger partial charge in [-0.3, -0.25) is 0 Å². The highest BCUT2D eigenvalue weighted by Crippen LogP contribution is 2.16. The summed E-state index contributed by atoms with van der Waals surface area (Å²) >= 11 is 0. The molecule has 80 valence electrons. The summed E-state index contributed by atoms with van der Waals surface area (Å²) in [5.41, 5.74) is 11.0. The zero-order valence-electron chi connectivity index (χ0n) is 9.55. The molecule has 4 N–H and O–H groups in total. The molecule has 0 saturated carbocycles. The van der Waals surface area contributed by atoms with E-state index in [9.17, 15) is 0 Å². The zero-order chi connectivity index (χ0) is 10.7. The summed E-state index contributed by atoms with van der Waals surface area (Å²) in [4.78, 5) is 0. The van der Waals surface area contributed by atoms with Gasteiger partial charge in [-0.25, -0.2) is 0 Å². The van der Waals surface area contributed by atoms with E-state index >= 15 is 0 Å². The van der Waals surface area contributed by atoms with Gasteiger partial charge in [0, 0.05) is 12.1 Å². The molecule has 3 heteroatoms. The minimum atomic E-state index is -0.245. The molecule has 0 aromatic rings. The van der Waals surface area contributed by atoms with Crippen molar-refractivity contribution in [2.24, 2.45) is 11.5 Å². The van der Waals surface area contributed by atoms with Crippen LogP contribution in [0.5, 0.6) is 0 Å². The van der Waals surface area contributed by atoms with E-state index in [1.807, 2.05) is 34.6 Å². The fraction of sp³-hybridized carbons (Fsp3) is 1.00. The number of hydrogen-bond donors (Lipinski definition) is 2. The molecule has 0 amide bonds. The normalized spacial score (nSPS) is 15.9. The molecule has 1 unspecified atom stereocenters. The maximum atomic E-state index is 5.89. The molecule has 0 rings (SSSR count). The molecular formula is C10H24N2O. The van der Waals surface area contributed by atoms with E-state index in [2.05, 4.69) is 0 Å². The molecule has 0 aliphatic rings. The molecule has 0 bridgehead atoms. The summed E-state index contributed by atoms with van der Waals surface area (Å²) in [5.74, 6) is 0. The third-order valence-electron chi connectivity index (χ3n) is 1.83. The van der Waals surface area contributed by atoms with E-state index in [0.717, 1.165) is 6.42 Å². The smallest absolute Gasteiger partial charge is 0.0751 e. The lowest BCUT2D eigenvalue weighted by Gasteiger charge is -2.31. The van der Waals surface area contributed by atoms with Crippen LogP contribution in [0.3, 0.4) is 0 Å². The highest BCUT2D eigenvalue weighted by Gasteiger charge is 2.23. The summed E-state index contributed by atoms with van der Waals surface area (Å²) in [7, 11) is 0. The predicted octanol–water partition coefficient (Wildman–Crippen LogP) is 1.26. The average molecular weight is 188 g/mol. The number of nitrogens with two attached hydrogens (primary N) is 2. The van der Waals surface area contributed by atoms with Crippen molar-refractivity contribution in [3.8, 4) is 0 Å². The second kappa shape index (κ2) is 4.40. The lowest BCUT2D eigenvalue weighted by molar-refractivity contribution is -0.0658. The third kappa shape index (κ3) is 6.99. The Morgan fingerprint density at radius 3 is 2.00 bits per heavy atom. The van der Waals surface area contributed by atoms with Crippen molar-refractivity contribution in [1.29, 1.82) is 0 Å². The van der Waals surface area contributed by atoms with Crippen molar-refractivity contribution in [1.82, 2.24) is 0 Å². The second-order valence-corrected chi connectivity index (χ2v) is 5.08. The standard InChI is InChI=1S/C10H24N2O/c1-8(6-9(2,3)12)13-10(4,5)7-11/h8H,6-7,11-12H2,1-5H3. The van der Waals surface area contributed by atoms with E-state index in [1.54, 1.807) is 0 Å². The molecule has 0 aliphatic heterocycles. The third-order valence-corrected chi connectivity index (χ3v) is 1.83. The van der Waals surface area contributed by atoms with Crippen molar-refractivity contribution in [3.05, 3.63) is 0 Å². The van der Waals surface area contributed by atoms with Gasteiger partial charge in [-0.15, -0.1) is 0 Å². The van der Waals surface area contributed by atoms with Gasteiger partial charge in [-0.05, 0) is 41.0 Å². The Labute approximate surface area is 81.8 Å². The van der Waals surface area contributed by atoms with Crippen LogP contribution in [0.25, 0.3) is 0 Å². The van der Waals surface area contributed by atoms with Crippen LogP contribution in [0, 0.1) is 0 Å². The van der Waals surface area contributed by atoms with Crippen LogP contribution < -0.4 is 11.5 Å². The summed E-state index contributed by atoms with van der Waals surface area (Å²) in [6.07, 6.45) is 0.995. The largest absolute Gasteiger partial charge is 0.371 e. The summed E-state index contributed by atoms with van der Waals surface area (Å²) in [6.45, 7) is 10.6. The molecule has 0 aromatic heterocycles. The maximum absolute atomic E-state index is 5.89. The molecule has 0 aromatic carbocycles. The Balaban J connectivity index is 3.94. The quantitative estimate of drug-likeness (QED) is 0.682. The topological polar surface area (TPSA) is 61.3 Å². The van der Waals surface area contributed by atoms with Crippen molar-refractivity contribution < 1.29 is 4.74 Å². The second-order valence-electron chi connectivity index (χ2n) is 5.08. The Kier molecular flexibility index (Phi) is 4.36.